The zero-order valence-corrected chi connectivity index (χ0v) is 19.1. The Morgan fingerprint density at radius 1 is 0.871 bits per heavy atom. The molecule has 0 bridgehead atoms. The van der Waals surface area contributed by atoms with Crippen LogP contribution >= 0.6 is 0 Å². The topological polar surface area (TPSA) is 105 Å². The van der Waals surface area contributed by atoms with Gasteiger partial charge < -0.3 is 16.4 Å². The van der Waals surface area contributed by atoms with Crippen LogP contribution < -0.4 is 11.5 Å². The fourth-order valence-electron chi connectivity index (χ4n) is 6.54. The number of nitrogens with two attached hydrogens (primary N) is 2. The largest absolute Gasteiger partial charge is 0.369 e. The van der Waals surface area contributed by atoms with Crippen molar-refractivity contribution in [1.82, 2.24) is 9.80 Å². The fraction of sp³-hybridized carbons (Fsp3) is 0.875. The Kier molecular flexibility index (Phi) is 7.07. The van der Waals surface area contributed by atoms with Gasteiger partial charge in [0.15, 0.2) is 5.96 Å². The van der Waals surface area contributed by atoms with Crippen LogP contribution in [0.4, 0.5) is 4.79 Å². The fourth-order valence-corrected chi connectivity index (χ4v) is 6.54. The summed E-state index contributed by atoms with van der Waals surface area (Å²) < 4.78 is 0. The van der Waals surface area contributed by atoms with Crippen molar-refractivity contribution in [3.63, 3.8) is 0 Å². The zero-order chi connectivity index (χ0) is 21.8. The van der Waals surface area contributed by atoms with Gasteiger partial charge in [-0.2, -0.15) is 0 Å². The summed E-state index contributed by atoms with van der Waals surface area (Å²) in [5.74, 6) is 2.11. The molecular weight excluding hydrogens is 390 g/mol. The Morgan fingerprint density at radius 3 is 1.87 bits per heavy atom. The first kappa shape index (κ1) is 22.4. The van der Waals surface area contributed by atoms with Gasteiger partial charge in [0.05, 0.1) is 0 Å². The zero-order valence-electron chi connectivity index (χ0n) is 19.1. The van der Waals surface area contributed by atoms with Crippen LogP contribution in [0.3, 0.4) is 0 Å². The first-order valence-corrected chi connectivity index (χ1v) is 12.7. The summed E-state index contributed by atoms with van der Waals surface area (Å²) in [6.45, 7) is 1.95. The summed E-state index contributed by atoms with van der Waals surface area (Å²) in [5.41, 5.74) is 11.2. The monoisotopic (exact) mass is 431 g/mol. The second kappa shape index (κ2) is 9.78. The Hall–Kier alpha value is -1.79. The third-order valence-electron chi connectivity index (χ3n) is 8.32. The number of amides is 3. The van der Waals surface area contributed by atoms with Crippen molar-refractivity contribution in [3.8, 4) is 0 Å². The van der Waals surface area contributed by atoms with Gasteiger partial charge in [-0.25, -0.2) is 9.79 Å². The predicted octanol–water partition coefficient (Wildman–Crippen LogP) is 3.61. The van der Waals surface area contributed by atoms with E-state index in [0.29, 0.717) is 43.3 Å². The van der Waals surface area contributed by atoms with Gasteiger partial charge in [-0.1, -0.05) is 64.2 Å². The van der Waals surface area contributed by atoms with E-state index in [0.717, 1.165) is 25.7 Å². The van der Waals surface area contributed by atoms with Crippen LogP contribution in [-0.2, 0) is 4.79 Å². The molecule has 2 aliphatic carbocycles. The van der Waals surface area contributed by atoms with Crippen molar-refractivity contribution in [3.05, 3.63) is 0 Å². The first-order valence-electron chi connectivity index (χ1n) is 12.7. The molecule has 3 amide bonds. The number of piperidine rings is 1. The Morgan fingerprint density at radius 2 is 1.39 bits per heavy atom. The molecule has 2 saturated carbocycles. The molecule has 2 heterocycles. The van der Waals surface area contributed by atoms with E-state index in [-0.39, 0.29) is 11.9 Å². The normalized spacial score (nSPS) is 26.3. The van der Waals surface area contributed by atoms with Crippen molar-refractivity contribution in [1.29, 1.82) is 0 Å². The summed E-state index contributed by atoms with van der Waals surface area (Å²) in [6, 6.07) is -0.351. The molecule has 2 aliphatic heterocycles. The Labute approximate surface area is 187 Å². The first-order chi connectivity index (χ1) is 15.0. The van der Waals surface area contributed by atoms with E-state index >= 15 is 0 Å². The minimum Gasteiger partial charge on any atom is -0.369 e. The highest BCUT2D eigenvalue weighted by Gasteiger charge is 2.50. The Bertz CT molecular complexity index is 653. The second-order valence-electron chi connectivity index (χ2n) is 10.6. The maximum atomic E-state index is 13.9. The summed E-state index contributed by atoms with van der Waals surface area (Å²) in [6.07, 6.45) is 16.1. The highest BCUT2D eigenvalue weighted by molar-refractivity contribution is 6.06. The molecule has 31 heavy (non-hydrogen) atoms. The average Bonchev–Trinajstić information content (AvgIpc) is 2.99. The number of carbonyl (C=O) groups is 2. The van der Waals surface area contributed by atoms with E-state index in [4.69, 9.17) is 16.5 Å². The van der Waals surface area contributed by atoms with Crippen LogP contribution in [0.15, 0.2) is 4.99 Å². The number of aliphatic imine (C=N–C) groups is 1. The molecule has 4 aliphatic rings. The number of urea groups is 1. The number of hydrogen-bond acceptors (Lipinski definition) is 4. The molecule has 0 atom stereocenters. The van der Waals surface area contributed by atoms with E-state index in [1.807, 2.05) is 0 Å². The molecule has 0 unspecified atom stereocenters. The van der Waals surface area contributed by atoms with Crippen molar-refractivity contribution >= 4 is 17.9 Å². The van der Waals surface area contributed by atoms with Gasteiger partial charge in [-0.05, 0) is 43.4 Å². The third kappa shape index (κ3) is 5.17. The van der Waals surface area contributed by atoms with Crippen LogP contribution in [0.2, 0.25) is 0 Å². The summed E-state index contributed by atoms with van der Waals surface area (Å²) in [5, 5.41) is 0. The van der Waals surface area contributed by atoms with Gasteiger partial charge in [0.2, 0.25) is 0 Å². The summed E-state index contributed by atoms with van der Waals surface area (Å²) in [4.78, 5) is 33.7. The quantitative estimate of drug-likeness (QED) is 0.671. The molecule has 7 heteroatoms. The summed E-state index contributed by atoms with van der Waals surface area (Å²) >= 11 is 0. The second-order valence-corrected chi connectivity index (χ2v) is 10.6. The molecule has 0 spiro atoms. The average molecular weight is 432 g/mol. The van der Waals surface area contributed by atoms with Crippen LogP contribution in [0.25, 0.3) is 0 Å². The number of nitrogens with zero attached hydrogens (tertiary/aromatic N) is 3. The van der Waals surface area contributed by atoms with Crippen molar-refractivity contribution in [2.45, 2.75) is 95.4 Å². The number of hydrogen-bond donors (Lipinski definition) is 2. The van der Waals surface area contributed by atoms with Crippen molar-refractivity contribution < 1.29 is 9.59 Å². The van der Waals surface area contributed by atoms with Gasteiger partial charge in [-0.15, -0.1) is 0 Å². The summed E-state index contributed by atoms with van der Waals surface area (Å²) in [7, 11) is 0. The van der Waals surface area contributed by atoms with Crippen LogP contribution in [0.1, 0.15) is 89.9 Å². The van der Waals surface area contributed by atoms with Crippen LogP contribution in [-0.4, -0.2) is 52.9 Å². The van der Waals surface area contributed by atoms with Gasteiger partial charge >= 0.3 is 6.03 Å². The smallest absolute Gasteiger partial charge is 0.314 e. The number of carbonyl (C=O) groups excluding carboxylic acids is 2. The van der Waals surface area contributed by atoms with E-state index in [1.165, 1.54) is 64.2 Å². The van der Waals surface area contributed by atoms with Crippen molar-refractivity contribution in [2.24, 2.45) is 34.2 Å². The molecule has 3 fully saturated rings. The van der Waals surface area contributed by atoms with E-state index in [2.05, 4.69) is 0 Å². The molecule has 4 rings (SSSR count). The molecule has 0 aromatic rings. The van der Waals surface area contributed by atoms with E-state index < -0.39 is 5.54 Å². The SMILES string of the molecule is NC(=O)N1CCC(CN2C(=O)C(CC3CCCCC3)(CC3CCCCC3)N=C2N)CC1. The molecule has 0 radical (unpaired) electrons. The lowest BCUT2D eigenvalue weighted by Crippen LogP contribution is -2.49. The molecule has 174 valence electrons. The number of primary amides is 1. The molecule has 1 saturated heterocycles. The minimum absolute atomic E-state index is 0.151. The van der Waals surface area contributed by atoms with Crippen LogP contribution in [0, 0.1) is 17.8 Å². The van der Waals surface area contributed by atoms with E-state index in [9.17, 15) is 9.59 Å². The van der Waals surface area contributed by atoms with Crippen molar-refractivity contribution in [2.75, 3.05) is 19.6 Å². The number of likely N-dealkylation sites (tertiary alicyclic amines) is 1. The standard InChI is InChI=1S/C24H41N5O2/c25-22-27-24(15-18-7-3-1-4-8-18,16-19-9-5-2-6-10-19)21(30)29(22)17-20-11-13-28(14-12-20)23(26)31/h18-20H,1-17H2,(H2,25,27)(H2,26,31). The van der Waals surface area contributed by atoms with Gasteiger partial charge in [0.25, 0.3) is 5.91 Å². The lowest BCUT2D eigenvalue weighted by atomic mass is 9.73. The highest BCUT2D eigenvalue weighted by atomic mass is 16.2. The molecule has 0 aromatic carbocycles. The highest BCUT2D eigenvalue weighted by Crippen LogP contribution is 2.42. The lowest BCUT2D eigenvalue weighted by Gasteiger charge is -2.36. The molecular formula is C24H41N5O2. The van der Waals surface area contributed by atoms with Gasteiger partial charge in [-0.3, -0.25) is 9.69 Å². The van der Waals surface area contributed by atoms with Gasteiger partial charge in [0, 0.05) is 19.6 Å². The van der Waals surface area contributed by atoms with E-state index in [1.54, 1.807) is 9.80 Å². The molecule has 7 nitrogen and oxygen atoms in total. The molecule has 0 aromatic heterocycles. The lowest BCUT2D eigenvalue weighted by molar-refractivity contribution is -0.133. The third-order valence-corrected chi connectivity index (χ3v) is 8.32. The maximum Gasteiger partial charge on any atom is 0.314 e. The van der Waals surface area contributed by atoms with Gasteiger partial charge in [0.1, 0.15) is 5.54 Å². The predicted molar refractivity (Wildman–Crippen MR) is 122 cm³/mol. The maximum absolute atomic E-state index is 13.9. The minimum atomic E-state index is -0.637. The number of rotatable bonds is 6. The van der Waals surface area contributed by atoms with Crippen LogP contribution in [0.5, 0.6) is 0 Å². The Balaban J connectivity index is 1.46. The molecule has 4 N–H and O–H groups in total. The number of guanidine groups is 1.